The molecule has 9 rings (SSSR count). The third-order valence-corrected chi connectivity index (χ3v) is 9.02. The fourth-order valence-electron chi connectivity index (χ4n) is 6.77. The van der Waals surface area contributed by atoms with Crippen molar-refractivity contribution in [2.45, 2.75) is 0 Å². The standard InChI is InChI=1S/C44H29N3/c1-3-12-33(13-4-1)43-38-18-11-17-36(42(38)37-16-7-8-19-39(37)45-43)32-26-22-30(23-27-32)31-24-28-34(29-25-31)44-46-40-20-9-10-21-41(40)47(44)35-14-5-2-6-15-35/h1-29H. The average molecular weight is 600 g/mol. The lowest BCUT2D eigenvalue weighted by molar-refractivity contribution is 1.10. The van der Waals surface area contributed by atoms with E-state index >= 15 is 0 Å². The molecule has 0 radical (unpaired) electrons. The summed E-state index contributed by atoms with van der Waals surface area (Å²) in [5.74, 6) is 0.937. The van der Waals surface area contributed by atoms with Crippen LogP contribution in [0.3, 0.4) is 0 Å². The quantitative estimate of drug-likeness (QED) is 0.184. The molecule has 47 heavy (non-hydrogen) atoms. The summed E-state index contributed by atoms with van der Waals surface area (Å²) in [4.78, 5) is 10.2. The molecule has 0 atom stereocenters. The van der Waals surface area contributed by atoms with Gasteiger partial charge in [-0.1, -0.05) is 146 Å². The van der Waals surface area contributed by atoms with E-state index in [0.717, 1.165) is 50.3 Å². The van der Waals surface area contributed by atoms with E-state index in [0.29, 0.717) is 0 Å². The number of hydrogen-bond donors (Lipinski definition) is 0. The van der Waals surface area contributed by atoms with Crippen molar-refractivity contribution >= 4 is 32.7 Å². The molecule has 0 unspecified atom stereocenters. The minimum Gasteiger partial charge on any atom is -0.292 e. The maximum Gasteiger partial charge on any atom is 0.145 e. The second-order valence-electron chi connectivity index (χ2n) is 11.8. The van der Waals surface area contributed by atoms with Crippen molar-refractivity contribution in [2.24, 2.45) is 0 Å². The summed E-state index contributed by atoms with van der Waals surface area (Å²) < 4.78 is 2.24. The van der Waals surface area contributed by atoms with Gasteiger partial charge >= 0.3 is 0 Å². The van der Waals surface area contributed by atoms with Crippen LogP contribution < -0.4 is 0 Å². The number of benzene rings is 7. The summed E-state index contributed by atoms with van der Waals surface area (Å²) in [5.41, 5.74) is 12.1. The van der Waals surface area contributed by atoms with Gasteiger partial charge in [-0.05, 0) is 52.6 Å². The fraction of sp³-hybridized carbons (Fsp3) is 0. The molecule has 0 fully saturated rings. The second kappa shape index (κ2) is 11.2. The number of imidazole rings is 1. The first-order valence-electron chi connectivity index (χ1n) is 15.9. The topological polar surface area (TPSA) is 30.7 Å². The van der Waals surface area contributed by atoms with Gasteiger partial charge in [0.1, 0.15) is 5.82 Å². The van der Waals surface area contributed by atoms with Crippen molar-refractivity contribution in [2.75, 3.05) is 0 Å². The van der Waals surface area contributed by atoms with Crippen LogP contribution in [-0.2, 0) is 0 Å². The van der Waals surface area contributed by atoms with E-state index in [1.165, 1.54) is 33.0 Å². The van der Waals surface area contributed by atoms with Crippen molar-refractivity contribution in [3.8, 4) is 50.6 Å². The summed E-state index contributed by atoms with van der Waals surface area (Å²) in [7, 11) is 0. The van der Waals surface area contributed by atoms with Gasteiger partial charge in [-0.2, -0.15) is 0 Å². The molecule has 0 saturated heterocycles. The van der Waals surface area contributed by atoms with E-state index in [4.69, 9.17) is 9.97 Å². The molecule has 0 aliphatic carbocycles. The molecule has 2 heterocycles. The molecule has 0 N–H and O–H groups in total. The minimum absolute atomic E-state index is 0.937. The van der Waals surface area contributed by atoms with Gasteiger partial charge < -0.3 is 0 Å². The maximum absolute atomic E-state index is 5.12. The Bertz CT molecular complexity index is 2530. The Kier molecular flexibility index (Phi) is 6.46. The third-order valence-electron chi connectivity index (χ3n) is 9.02. The van der Waals surface area contributed by atoms with Crippen LogP contribution in [0.25, 0.3) is 83.3 Å². The van der Waals surface area contributed by atoms with Gasteiger partial charge in [-0.25, -0.2) is 9.97 Å². The molecule has 3 heteroatoms. The van der Waals surface area contributed by atoms with Crippen molar-refractivity contribution in [3.05, 3.63) is 176 Å². The highest BCUT2D eigenvalue weighted by Crippen LogP contribution is 2.39. The molecule has 7 aromatic carbocycles. The number of pyridine rings is 1. The molecular weight excluding hydrogens is 571 g/mol. The van der Waals surface area contributed by atoms with Gasteiger partial charge in [-0.3, -0.25) is 4.57 Å². The van der Waals surface area contributed by atoms with Gasteiger partial charge in [0, 0.05) is 33.0 Å². The summed E-state index contributed by atoms with van der Waals surface area (Å²) in [6, 6.07) is 62.0. The van der Waals surface area contributed by atoms with E-state index in [-0.39, 0.29) is 0 Å². The molecular formula is C44H29N3. The van der Waals surface area contributed by atoms with E-state index in [1.807, 2.05) is 12.1 Å². The first-order chi connectivity index (χ1) is 23.3. The average Bonchev–Trinajstić information content (AvgIpc) is 3.55. The lowest BCUT2D eigenvalue weighted by Gasteiger charge is -2.14. The van der Waals surface area contributed by atoms with Crippen LogP contribution in [0.15, 0.2) is 176 Å². The Labute approximate surface area is 273 Å². The minimum atomic E-state index is 0.937. The summed E-state index contributed by atoms with van der Waals surface area (Å²) in [6.45, 7) is 0. The summed E-state index contributed by atoms with van der Waals surface area (Å²) in [6.07, 6.45) is 0. The van der Waals surface area contributed by atoms with Crippen LogP contribution in [0.2, 0.25) is 0 Å². The lowest BCUT2D eigenvalue weighted by atomic mass is 9.92. The first-order valence-corrected chi connectivity index (χ1v) is 15.9. The zero-order valence-corrected chi connectivity index (χ0v) is 25.6. The van der Waals surface area contributed by atoms with Gasteiger partial charge in [0.2, 0.25) is 0 Å². The molecule has 0 aliphatic heterocycles. The van der Waals surface area contributed by atoms with Gasteiger partial charge in [0.15, 0.2) is 0 Å². The van der Waals surface area contributed by atoms with E-state index in [9.17, 15) is 0 Å². The van der Waals surface area contributed by atoms with Crippen molar-refractivity contribution < 1.29 is 0 Å². The van der Waals surface area contributed by atoms with Crippen LogP contribution in [-0.4, -0.2) is 14.5 Å². The molecule has 0 bridgehead atoms. The Morgan fingerprint density at radius 3 is 1.68 bits per heavy atom. The molecule has 0 spiro atoms. The van der Waals surface area contributed by atoms with Crippen LogP contribution in [0, 0.1) is 0 Å². The maximum atomic E-state index is 5.12. The monoisotopic (exact) mass is 599 g/mol. The van der Waals surface area contributed by atoms with Crippen molar-refractivity contribution in [1.29, 1.82) is 0 Å². The molecule has 9 aromatic rings. The number of aromatic nitrogens is 3. The smallest absolute Gasteiger partial charge is 0.145 e. The lowest BCUT2D eigenvalue weighted by Crippen LogP contribution is -1.97. The number of fused-ring (bicyclic) bond motifs is 4. The Balaban J connectivity index is 1.10. The van der Waals surface area contributed by atoms with Crippen LogP contribution >= 0.6 is 0 Å². The predicted molar refractivity (Wildman–Crippen MR) is 196 cm³/mol. The van der Waals surface area contributed by atoms with Gasteiger partial charge in [0.25, 0.3) is 0 Å². The fourth-order valence-corrected chi connectivity index (χ4v) is 6.77. The summed E-state index contributed by atoms with van der Waals surface area (Å²) >= 11 is 0. The van der Waals surface area contributed by atoms with E-state index < -0.39 is 0 Å². The van der Waals surface area contributed by atoms with Crippen LogP contribution in [0.4, 0.5) is 0 Å². The number of para-hydroxylation sites is 4. The Morgan fingerprint density at radius 1 is 0.362 bits per heavy atom. The highest BCUT2D eigenvalue weighted by molar-refractivity contribution is 6.17. The molecule has 0 amide bonds. The number of nitrogens with zero attached hydrogens (tertiary/aromatic N) is 3. The van der Waals surface area contributed by atoms with Crippen molar-refractivity contribution in [3.63, 3.8) is 0 Å². The zero-order valence-electron chi connectivity index (χ0n) is 25.6. The molecule has 0 saturated carbocycles. The van der Waals surface area contributed by atoms with Crippen molar-refractivity contribution in [1.82, 2.24) is 14.5 Å². The Morgan fingerprint density at radius 2 is 0.936 bits per heavy atom. The number of rotatable bonds is 5. The summed E-state index contributed by atoms with van der Waals surface area (Å²) in [5, 5.41) is 3.56. The van der Waals surface area contributed by atoms with E-state index in [1.54, 1.807) is 0 Å². The number of hydrogen-bond acceptors (Lipinski definition) is 2. The normalized spacial score (nSPS) is 11.4. The zero-order chi connectivity index (χ0) is 31.2. The Hall–Kier alpha value is -6.32. The van der Waals surface area contributed by atoms with Gasteiger partial charge in [-0.15, -0.1) is 0 Å². The SMILES string of the molecule is c1ccc(-c2nc3ccccc3c3c(-c4ccc(-c5ccc(-c6nc7ccccc7n6-c6ccccc6)cc5)cc4)cccc23)cc1. The van der Waals surface area contributed by atoms with Crippen LogP contribution in [0.5, 0.6) is 0 Å². The molecule has 220 valence electrons. The van der Waals surface area contributed by atoms with E-state index in [2.05, 4.69) is 168 Å². The predicted octanol–water partition coefficient (Wildman–Crippen LogP) is 11.4. The van der Waals surface area contributed by atoms with Crippen LogP contribution in [0.1, 0.15) is 0 Å². The largest absolute Gasteiger partial charge is 0.292 e. The third kappa shape index (κ3) is 4.68. The highest BCUT2D eigenvalue weighted by atomic mass is 15.1. The van der Waals surface area contributed by atoms with Gasteiger partial charge in [0.05, 0.1) is 22.2 Å². The second-order valence-corrected chi connectivity index (χ2v) is 11.8. The first kappa shape index (κ1) is 27.0. The molecule has 0 aliphatic rings. The molecule has 2 aromatic heterocycles. The highest BCUT2D eigenvalue weighted by Gasteiger charge is 2.16. The molecule has 3 nitrogen and oxygen atoms in total.